The van der Waals surface area contributed by atoms with Gasteiger partial charge >= 0.3 is 0 Å². The number of anilines is 1. The van der Waals surface area contributed by atoms with Crippen LogP contribution in [0.4, 0.5) is 14.6 Å². The minimum Gasteiger partial charge on any atom is -0.306 e. The molecule has 1 N–H and O–H groups in total. The van der Waals surface area contributed by atoms with Crippen LogP contribution in [0.5, 0.6) is 0 Å². The second kappa shape index (κ2) is 8.26. The molecule has 0 saturated carbocycles. The van der Waals surface area contributed by atoms with E-state index in [1.54, 1.807) is 24.3 Å². The summed E-state index contributed by atoms with van der Waals surface area (Å²) >= 11 is 12.4. The number of nitrogens with one attached hydrogen (secondary N) is 1. The molecule has 0 aliphatic rings. The summed E-state index contributed by atoms with van der Waals surface area (Å²) in [4.78, 5) is 12.7. The molecule has 4 aromatic rings. The fourth-order valence-electron chi connectivity index (χ4n) is 2.91. The largest absolute Gasteiger partial charge is 0.306 e. The van der Waals surface area contributed by atoms with Gasteiger partial charge in [-0.15, -0.1) is 0 Å². The molecule has 30 heavy (non-hydrogen) atoms. The highest BCUT2D eigenvalue weighted by molar-refractivity contribution is 6.34. The predicted molar refractivity (Wildman–Crippen MR) is 113 cm³/mol. The van der Waals surface area contributed by atoms with E-state index in [1.165, 1.54) is 4.68 Å². The molecule has 150 valence electrons. The van der Waals surface area contributed by atoms with Gasteiger partial charge in [0.25, 0.3) is 5.91 Å². The molecule has 1 aromatic heterocycles. The highest BCUT2D eigenvalue weighted by atomic mass is 35.5. The fraction of sp³-hybridized carbons (Fsp3) is 0. The number of hydrogen-bond donors (Lipinski definition) is 1. The third-order valence-corrected chi connectivity index (χ3v) is 4.89. The van der Waals surface area contributed by atoms with E-state index in [0.717, 1.165) is 17.7 Å². The first-order valence-electron chi connectivity index (χ1n) is 8.79. The number of halogens is 4. The van der Waals surface area contributed by atoms with Gasteiger partial charge in [-0.2, -0.15) is 5.10 Å². The summed E-state index contributed by atoms with van der Waals surface area (Å²) in [5.41, 5.74) is 1.49. The maximum absolute atomic E-state index is 14.1. The van der Waals surface area contributed by atoms with Crippen molar-refractivity contribution in [2.75, 3.05) is 5.32 Å². The summed E-state index contributed by atoms with van der Waals surface area (Å²) in [6.07, 6.45) is 0. The van der Waals surface area contributed by atoms with Gasteiger partial charge in [0.15, 0.2) is 0 Å². The Labute approximate surface area is 180 Å². The van der Waals surface area contributed by atoms with E-state index >= 15 is 0 Å². The van der Waals surface area contributed by atoms with E-state index < -0.39 is 17.5 Å². The average molecular weight is 444 g/mol. The van der Waals surface area contributed by atoms with Crippen LogP contribution in [0.3, 0.4) is 0 Å². The molecule has 1 heterocycles. The van der Waals surface area contributed by atoms with Crippen LogP contribution in [0.25, 0.3) is 16.9 Å². The molecule has 0 unspecified atom stereocenters. The van der Waals surface area contributed by atoms with Crippen LogP contribution in [-0.4, -0.2) is 15.7 Å². The number of rotatable bonds is 4. The normalized spacial score (nSPS) is 10.8. The fourth-order valence-corrected chi connectivity index (χ4v) is 3.27. The summed E-state index contributed by atoms with van der Waals surface area (Å²) in [5, 5.41) is 7.94. The zero-order valence-electron chi connectivity index (χ0n) is 15.2. The van der Waals surface area contributed by atoms with E-state index in [-0.39, 0.29) is 11.4 Å². The Morgan fingerprint density at radius 3 is 2.43 bits per heavy atom. The minimum atomic E-state index is -0.970. The Morgan fingerprint density at radius 2 is 1.70 bits per heavy atom. The molecule has 3 aromatic carbocycles. The van der Waals surface area contributed by atoms with Crippen molar-refractivity contribution in [2.24, 2.45) is 0 Å². The van der Waals surface area contributed by atoms with Crippen molar-refractivity contribution in [1.29, 1.82) is 0 Å². The summed E-state index contributed by atoms with van der Waals surface area (Å²) in [5.74, 6) is -2.26. The summed E-state index contributed by atoms with van der Waals surface area (Å²) < 4.78 is 28.6. The topological polar surface area (TPSA) is 46.9 Å². The molecule has 0 saturated heterocycles. The van der Waals surface area contributed by atoms with Crippen molar-refractivity contribution in [3.8, 4) is 16.9 Å². The predicted octanol–water partition coefficient (Wildman–Crippen LogP) is 6.38. The van der Waals surface area contributed by atoms with Crippen LogP contribution < -0.4 is 5.32 Å². The van der Waals surface area contributed by atoms with Gasteiger partial charge in [-0.1, -0.05) is 53.5 Å². The molecule has 0 atom stereocenters. The third kappa shape index (κ3) is 4.06. The smallest absolute Gasteiger partial charge is 0.259 e. The van der Waals surface area contributed by atoms with Crippen LogP contribution in [0.15, 0.2) is 72.8 Å². The summed E-state index contributed by atoms with van der Waals surface area (Å²) in [6.45, 7) is 0. The second-order valence-electron chi connectivity index (χ2n) is 6.37. The van der Waals surface area contributed by atoms with Gasteiger partial charge in [-0.05, 0) is 30.3 Å². The van der Waals surface area contributed by atoms with Crippen LogP contribution in [0.1, 0.15) is 10.4 Å². The Morgan fingerprint density at radius 1 is 0.933 bits per heavy atom. The van der Waals surface area contributed by atoms with Crippen molar-refractivity contribution in [3.63, 3.8) is 0 Å². The minimum absolute atomic E-state index is 0.242. The number of amides is 1. The van der Waals surface area contributed by atoms with E-state index in [2.05, 4.69) is 10.4 Å². The molecular formula is C22H13Cl2F2N3O. The maximum atomic E-state index is 14.1. The van der Waals surface area contributed by atoms with Gasteiger partial charge < -0.3 is 5.32 Å². The molecule has 0 aliphatic carbocycles. The van der Waals surface area contributed by atoms with E-state index in [0.29, 0.717) is 27.5 Å². The zero-order valence-corrected chi connectivity index (χ0v) is 16.8. The molecule has 4 nitrogen and oxygen atoms in total. The van der Waals surface area contributed by atoms with Crippen molar-refractivity contribution >= 4 is 34.9 Å². The second-order valence-corrected chi connectivity index (χ2v) is 7.21. The van der Waals surface area contributed by atoms with Crippen LogP contribution in [-0.2, 0) is 0 Å². The van der Waals surface area contributed by atoms with E-state index in [1.807, 2.05) is 30.3 Å². The number of carbonyl (C=O) groups is 1. The van der Waals surface area contributed by atoms with Gasteiger partial charge in [-0.3, -0.25) is 4.79 Å². The lowest BCUT2D eigenvalue weighted by Crippen LogP contribution is -2.16. The highest BCUT2D eigenvalue weighted by Gasteiger charge is 2.19. The van der Waals surface area contributed by atoms with Crippen molar-refractivity contribution in [1.82, 2.24) is 9.78 Å². The Bertz CT molecular complexity index is 1240. The van der Waals surface area contributed by atoms with Crippen molar-refractivity contribution in [2.45, 2.75) is 0 Å². The monoisotopic (exact) mass is 443 g/mol. The van der Waals surface area contributed by atoms with E-state index in [4.69, 9.17) is 23.2 Å². The molecule has 0 bridgehead atoms. The van der Waals surface area contributed by atoms with Gasteiger partial charge in [0, 0.05) is 22.7 Å². The van der Waals surface area contributed by atoms with Crippen LogP contribution >= 0.6 is 23.2 Å². The Kier molecular flexibility index (Phi) is 5.53. The van der Waals surface area contributed by atoms with Gasteiger partial charge in [0.1, 0.15) is 17.5 Å². The molecule has 0 fully saturated rings. The number of benzene rings is 3. The van der Waals surface area contributed by atoms with Crippen molar-refractivity contribution in [3.05, 3.63) is 100 Å². The van der Waals surface area contributed by atoms with E-state index in [9.17, 15) is 13.6 Å². The Hall–Kier alpha value is -3.22. The summed E-state index contributed by atoms with van der Waals surface area (Å²) in [7, 11) is 0. The molecular weight excluding hydrogens is 431 g/mol. The molecule has 0 aliphatic heterocycles. The average Bonchev–Trinajstić information content (AvgIpc) is 3.14. The van der Waals surface area contributed by atoms with Crippen LogP contribution in [0, 0.1) is 11.6 Å². The number of carbonyl (C=O) groups excluding carboxylic acids is 1. The first-order chi connectivity index (χ1) is 14.4. The molecule has 0 radical (unpaired) electrons. The van der Waals surface area contributed by atoms with Crippen molar-refractivity contribution < 1.29 is 13.6 Å². The molecule has 0 spiro atoms. The zero-order chi connectivity index (χ0) is 21.3. The SMILES string of the molecule is O=C(Nc1cc(-c2ccccc2)nn1-c1cc(Cl)ccc1Cl)c1ccc(F)cc1F. The molecule has 1 amide bonds. The van der Waals surface area contributed by atoms with Gasteiger partial charge in [-0.25, -0.2) is 13.5 Å². The number of hydrogen-bond acceptors (Lipinski definition) is 2. The first-order valence-corrected chi connectivity index (χ1v) is 9.55. The molecule has 8 heteroatoms. The highest BCUT2D eigenvalue weighted by Crippen LogP contribution is 2.30. The quantitative estimate of drug-likeness (QED) is 0.397. The molecule has 4 rings (SSSR count). The number of aromatic nitrogens is 2. The summed E-state index contributed by atoms with van der Waals surface area (Å²) in [6, 6.07) is 18.5. The standard InChI is InChI=1S/C22H13Cl2F2N3O/c23-14-6-9-17(24)20(10-14)29-21(12-19(28-29)13-4-2-1-3-5-13)27-22(30)16-8-7-15(25)11-18(16)26/h1-12H,(H,27,30). The van der Waals surface area contributed by atoms with Gasteiger partial charge in [0.2, 0.25) is 0 Å². The third-order valence-electron chi connectivity index (χ3n) is 4.33. The van der Waals surface area contributed by atoms with Crippen LogP contribution in [0.2, 0.25) is 10.0 Å². The lowest BCUT2D eigenvalue weighted by Gasteiger charge is -2.11. The lowest BCUT2D eigenvalue weighted by atomic mass is 10.1. The number of nitrogens with zero attached hydrogens (tertiary/aromatic N) is 2. The first kappa shape index (κ1) is 20.1. The maximum Gasteiger partial charge on any atom is 0.259 e. The lowest BCUT2D eigenvalue weighted by molar-refractivity contribution is 0.102. The van der Waals surface area contributed by atoms with Gasteiger partial charge in [0.05, 0.1) is 22.0 Å². The Balaban J connectivity index is 1.80.